The Labute approximate surface area is 99.2 Å². The number of amides is 1. The van der Waals surface area contributed by atoms with E-state index in [1.807, 2.05) is 0 Å². The SMILES string of the molecule is CC(c1ccc(F)c(F)c1)N(C)C(=O)CCN. The summed E-state index contributed by atoms with van der Waals surface area (Å²) >= 11 is 0. The Morgan fingerprint density at radius 1 is 1.41 bits per heavy atom. The Morgan fingerprint density at radius 3 is 2.59 bits per heavy atom. The first-order valence-corrected chi connectivity index (χ1v) is 5.38. The van der Waals surface area contributed by atoms with Crippen LogP contribution in [0, 0.1) is 11.6 Å². The van der Waals surface area contributed by atoms with Crippen LogP contribution in [-0.2, 0) is 4.79 Å². The first-order valence-electron chi connectivity index (χ1n) is 5.38. The summed E-state index contributed by atoms with van der Waals surface area (Å²) in [6, 6.07) is 3.31. The van der Waals surface area contributed by atoms with E-state index in [4.69, 9.17) is 5.73 Å². The molecule has 0 spiro atoms. The summed E-state index contributed by atoms with van der Waals surface area (Å²) in [5.41, 5.74) is 5.85. The maximum absolute atomic E-state index is 13.1. The van der Waals surface area contributed by atoms with Gasteiger partial charge in [-0.05, 0) is 24.6 Å². The Kier molecular flexibility index (Phi) is 4.57. The van der Waals surface area contributed by atoms with E-state index in [-0.39, 0.29) is 24.9 Å². The molecule has 0 aromatic heterocycles. The van der Waals surface area contributed by atoms with Crippen molar-refractivity contribution in [2.45, 2.75) is 19.4 Å². The van der Waals surface area contributed by atoms with Crippen molar-refractivity contribution in [3.63, 3.8) is 0 Å². The van der Waals surface area contributed by atoms with Gasteiger partial charge in [-0.2, -0.15) is 0 Å². The zero-order valence-electron chi connectivity index (χ0n) is 9.91. The number of nitrogens with zero attached hydrogens (tertiary/aromatic N) is 1. The molecule has 0 fully saturated rings. The van der Waals surface area contributed by atoms with Crippen molar-refractivity contribution in [2.24, 2.45) is 5.73 Å². The van der Waals surface area contributed by atoms with Gasteiger partial charge in [-0.25, -0.2) is 8.78 Å². The van der Waals surface area contributed by atoms with Crippen molar-refractivity contribution in [1.82, 2.24) is 4.90 Å². The molecule has 1 atom stereocenters. The first kappa shape index (κ1) is 13.6. The molecule has 0 aliphatic carbocycles. The summed E-state index contributed by atoms with van der Waals surface area (Å²) in [7, 11) is 1.62. The zero-order chi connectivity index (χ0) is 13.0. The molecule has 1 unspecified atom stereocenters. The third-order valence-corrected chi connectivity index (χ3v) is 2.76. The van der Waals surface area contributed by atoms with E-state index >= 15 is 0 Å². The van der Waals surface area contributed by atoms with Crippen LogP contribution in [0.4, 0.5) is 8.78 Å². The van der Waals surface area contributed by atoms with Crippen LogP contribution in [-0.4, -0.2) is 24.4 Å². The summed E-state index contributed by atoms with van der Waals surface area (Å²) in [6.07, 6.45) is 0.241. The van der Waals surface area contributed by atoms with Gasteiger partial charge in [0.05, 0.1) is 6.04 Å². The molecule has 0 aliphatic heterocycles. The molecule has 1 aromatic rings. The van der Waals surface area contributed by atoms with Crippen molar-refractivity contribution in [2.75, 3.05) is 13.6 Å². The number of hydrogen-bond donors (Lipinski definition) is 1. The van der Waals surface area contributed by atoms with Gasteiger partial charge in [-0.15, -0.1) is 0 Å². The summed E-state index contributed by atoms with van der Waals surface area (Å²) in [5.74, 6) is -1.92. The third-order valence-electron chi connectivity index (χ3n) is 2.76. The Hall–Kier alpha value is -1.49. The summed E-state index contributed by atoms with van der Waals surface area (Å²) in [6.45, 7) is 2.02. The topological polar surface area (TPSA) is 46.3 Å². The molecule has 0 saturated carbocycles. The molecular weight excluding hydrogens is 226 g/mol. The molecule has 0 heterocycles. The van der Waals surface area contributed by atoms with Crippen molar-refractivity contribution >= 4 is 5.91 Å². The summed E-state index contributed by atoms with van der Waals surface area (Å²) in [5, 5.41) is 0. The predicted octanol–water partition coefficient (Wildman–Crippen LogP) is 1.83. The standard InChI is InChI=1S/C12H16F2N2O/c1-8(16(2)12(17)5-6-15)9-3-4-10(13)11(14)7-9/h3-4,7-8H,5-6,15H2,1-2H3. The van der Waals surface area contributed by atoms with Gasteiger partial charge in [0, 0.05) is 20.0 Å². The minimum absolute atomic E-state index is 0.121. The lowest BCUT2D eigenvalue weighted by Crippen LogP contribution is -2.31. The van der Waals surface area contributed by atoms with Gasteiger partial charge in [0.25, 0.3) is 0 Å². The van der Waals surface area contributed by atoms with Crippen LogP contribution in [0.15, 0.2) is 18.2 Å². The fraction of sp³-hybridized carbons (Fsp3) is 0.417. The quantitative estimate of drug-likeness (QED) is 0.875. The van der Waals surface area contributed by atoms with Gasteiger partial charge in [0.1, 0.15) is 0 Å². The highest BCUT2D eigenvalue weighted by Crippen LogP contribution is 2.21. The normalized spacial score (nSPS) is 12.3. The number of carbonyl (C=O) groups excluding carboxylic acids is 1. The van der Waals surface area contributed by atoms with Crippen LogP contribution in [0.2, 0.25) is 0 Å². The number of rotatable bonds is 4. The highest BCUT2D eigenvalue weighted by atomic mass is 19.2. The number of hydrogen-bond acceptors (Lipinski definition) is 2. The number of carbonyl (C=O) groups is 1. The lowest BCUT2D eigenvalue weighted by molar-refractivity contribution is -0.131. The second-order valence-electron chi connectivity index (χ2n) is 3.89. The fourth-order valence-corrected chi connectivity index (χ4v) is 1.51. The zero-order valence-corrected chi connectivity index (χ0v) is 9.91. The van der Waals surface area contributed by atoms with E-state index in [2.05, 4.69) is 0 Å². The molecule has 0 aliphatic rings. The molecule has 94 valence electrons. The first-order chi connectivity index (χ1) is 7.97. The van der Waals surface area contributed by atoms with Gasteiger partial charge in [0.15, 0.2) is 11.6 Å². The Balaban J connectivity index is 2.84. The van der Waals surface area contributed by atoms with Crippen LogP contribution in [0.5, 0.6) is 0 Å². The van der Waals surface area contributed by atoms with Crippen molar-refractivity contribution in [1.29, 1.82) is 0 Å². The third kappa shape index (κ3) is 3.23. The maximum atomic E-state index is 13.1. The molecule has 1 rings (SSSR count). The second-order valence-corrected chi connectivity index (χ2v) is 3.89. The molecule has 1 amide bonds. The largest absolute Gasteiger partial charge is 0.339 e. The van der Waals surface area contributed by atoms with Gasteiger partial charge in [0.2, 0.25) is 5.91 Å². The monoisotopic (exact) mass is 242 g/mol. The molecule has 17 heavy (non-hydrogen) atoms. The minimum Gasteiger partial charge on any atom is -0.339 e. The summed E-state index contributed by atoms with van der Waals surface area (Å²) < 4.78 is 25.8. The smallest absolute Gasteiger partial charge is 0.224 e. The molecule has 0 bridgehead atoms. The van der Waals surface area contributed by atoms with Crippen LogP contribution in [0.1, 0.15) is 24.9 Å². The van der Waals surface area contributed by atoms with Gasteiger partial charge >= 0.3 is 0 Å². The van der Waals surface area contributed by atoms with Crippen LogP contribution in [0.3, 0.4) is 0 Å². The molecule has 3 nitrogen and oxygen atoms in total. The fourth-order valence-electron chi connectivity index (χ4n) is 1.51. The lowest BCUT2D eigenvalue weighted by atomic mass is 10.1. The highest BCUT2D eigenvalue weighted by molar-refractivity contribution is 5.76. The van der Waals surface area contributed by atoms with Gasteiger partial charge < -0.3 is 10.6 Å². The van der Waals surface area contributed by atoms with E-state index in [0.717, 1.165) is 12.1 Å². The molecule has 5 heteroatoms. The highest BCUT2D eigenvalue weighted by Gasteiger charge is 2.17. The van der Waals surface area contributed by atoms with Crippen LogP contribution >= 0.6 is 0 Å². The van der Waals surface area contributed by atoms with E-state index in [1.165, 1.54) is 11.0 Å². The van der Waals surface area contributed by atoms with Crippen molar-refractivity contribution < 1.29 is 13.6 Å². The van der Waals surface area contributed by atoms with Gasteiger partial charge in [-0.1, -0.05) is 6.07 Å². The van der Waals surface area contributed by atoms with Crippen LogP contribution < -0.4 is 5.73 Å². The molecule has 0 radical (unpaired) electrons. The minimum atomic E-state index is -0.908. The van der Waals surface area contributed by atoms with E-state index < -0.39 is 11.6 Å². The van der Waals surface area contributed by atoms with E-state index in [0.29, 0.717) is 5.56 Å². The summed E-state index contributed by atoms with van der Waals surface area (Å²) in [4.78, 5) is 13.1. The van der Waals surface area contributed by atoms with Gasteiger partial charge in [-0.3, -0.25) is 4.79 Å². The Bertz CT molecular complexity index is 409. The number of nitrogens with two attached hydrogens (primary N) is 1. The predicted molar refractivity (Wildman–Crippen MR) is 61.2 cm³/mol. The molecular formula is C12H16F2N2O. The van der Waals surface area contributed by atoms with Crippen molar-refractivity contribution in [3.8, 4) is 0 Å². The molecule has 0 saturated heterocycles. The lowest BCUT2D eigenvalue weighted by Gasteiger charge is -2.25. The average molecular weight is 242 g/mol. The van der Waals surface area contributed by atoms with Crippen molar-refractivity contribution in [3.05, 3.63) is 35.4 Å². The number of benzene rings is 1. The average Bonchev–Trinajstić information content (AvgIpc) is 2.31. The second kappa shape index (κ2) is 5.72. The van der Waals surface area contributed by atoms with Crippen LogP contribution in [0.25, 0.3) is 0 Å². The molecule has 2 N–H and O–H groups in total. The van der Waals surface area contributed by atoms with E-state index in [1.54, 1.807) is 14.0 Å². The molecule has 1 aromatic carbocycles. The van der Waals surface area contributed by atoms with E-state index in [9.17, 15) is 13.6 Å². The Morgan fingerprint density at radius 2 is 2.06 bits per heavy atom. The maximum Gasteiger partial charge on any atom is 0.224 e. The number of halogens is 2.